The molecule has 9 nitrogen and oxygen atoms in total. The zero-order valence-corrected chi connectivity index (χ0v) is 13.7. The standard InChI is InChI=1S/C16H16N6O3/c1-10(16(24)18-9-14-19-11(2)21-25-14)22-15(23)6-5-13(20-22)12-4-3-7-17-8-12/h3-8,10H,9H2,1-2H3,(H,18,24). The van der Waals surface area contributed by atoms with Crippen molar-refractivity contribution < 1.29 is 9.32 Å². The summed E-state index contributed by atoms with van der Waals surface area (Å²) in [4.78, 5) is 32.4. The molecule has 0 bridgehead atoms. The molecule has 0 aromatic carbocycles. The second-order valence-corrected chi connectivity index (χ2v) is 5.37. The number of hydrogen-bond acceptors (Lipinski definition) is 7. The highest BCUT2D eigenvalue weighted by Gasteiger charge is 2.18. The van der Waals surface area contributed by atoms with Gasteiger partial charge in [-0.15, -0.1) is 0 Å². The van der Waals surface area contributed by atoms with E-state index in [-0.39, 0.29) is 18.0 Å². The molecule has 25 heavy (non-hydrogen) atoms. The third kappa shape index (κ3) is 3.77. The van der Waals surface area contributed by atoms with E-state index in [4.69, 9.17) is 4.52 Å². The summed E-state index contributed by atoms with van der Waals surface area (Å²) in [6, 6.07) is 5.78. The van der Waals surface area contributed by atoms with E-state index in [0.717, 1.165) is 10.2 Å². The van der Waals surface area contributed by atoms with Crippen molar-refractivity contribution in [2.75, 3.05) is 0 Å². The molecular weight excluding hydrogens is 324 g/mol. The summed E-state index contributed by atoms with van der Waals surface area (Å²) < 4.78 is 6.07. The number of aryl methyl sites for hydroxylation is 1. The molecule has 1 unspecified atom stereocenters. The Labute approximate surface area is 142 Å². The molecule has 0 aliphatic rings. The molecule has 3 rings (SSSR count). The van der Waals surface area contributed by atoms with Gasteiger partial charge < -0.3 is 9.84 Å². The van der Waals surface area contributed by atoms with Crippen molar-refractivity contribution >= 4 is 5.91 Å². The molecule has 1 N–H and O–H groups in total. The van der Waals surface area contributed by atoms with Gasteiger partial charge in [-0.05, 0) is 32.0 Å². The first kappa shape index (κ1) is 16.5. The molecule has 0 saturated heterocycles. The summed E-state index contributed by atoms with van der Waals surface area (Å²) >= 11 is 0. The summed E-state index contributed by atoms with van der Waals surface area (Å²) in [7, 11) is 0. The first-order valence-corrected chi connectivity index (χ1v) is 7.62. The molecule has 9 heteroatoms. The molecule has 0 spiro atoms. The van der Waals surface area contributed by atoms with E-state index >= 15 is 0 Å². The number of hydrogen-bond donors (Lipinski definition) is 1. The lowest BCUT2D eigenvalue weighted by Crippen LogP contribution is -2.36. The van der Waals surface area contributed by atoms with Crippen LogP contribution in [0.4, 0.5) is 0 Å². The molecule has 1 amide bonds. The minimum atomic E-state index is -0.798. The van der Waals surface area contributed by atoms with Gasteiger partial charge in [0.1, 0.15) is 6.04 Å². The SMILES string of the molecule is Cc1noc(CNC(=O)C(C)n2nc(-c3cccnc3)ccc2=O)n1. The monoisotopic (exact) mass is 340 g/mol. The van der Waals surface area contributed by atoms with Crippen molar-refractivity contribution in [1.29, 1.82) is 0 Å². The van der Waals surface area contributed by atoms with Crippen LogP contribution in [0.2, 0.25) is 0 Å². The molecule has 3 heterocycles. The minimum Gasteiger partial charge on any atom is -0.345 e. The predicted octanol–water partition coefficient (Wildman–Crippen LogP) is 0.874. The summed E-state index contributed by atoms with van der Waals surface area (Å²) in [6.07, 6.45) is 3.29. The van der Waals surface area contributed by atoms with E-state index in [1.165, 1.54) is 6.07 Å². The van der Waals surface area contributed by atoms with Crippen molar-refractivity contribution in [3.63, 3.8) is 0 Å². The van der Waals surface area contributed by atoms with Crippen LogP contribution in [0.15, 0.2) is 46.0 Å². The minimum absolute atomic E-state index is 0.0844. The van der Waals surface area contributed by atoms with Crippen LogP contribution >= 0.6 is 0 Å². The van der Waals surface area contributed by atoms with Crippen LogP contribution in [0, 0.1) is 6.92 Å². The lowest BCUT2D eigenvalue weighted by Gasteiger charge is -2.14. The highest BCUT2D eigenvalue weighted by molar-refractivity contribution is 5.79. The maximum absolute atomic E-state index is 12.3. The van der Waals surface area contributed by atoms with Crippen LogP contribution in [0.1, 0.15) is 24.7 Å². The van der Waals surface area contributed by atoms with Gasteiger partial charge in [0.25, 0.3) is 5.56 Å². The highest BCUT2D eigenvalue weighted by atomic mass is 16.5. The molecule has 0 saturated carbocycles. The van der Waals surface area contributed by atoms with Gasteiger partial charge >= 0.3 is 0 Å². The average Bonchev–Trinajstić information content (AvgIpc) is 3.05. The van der Waals surface area contributed by atoms with Crippen molar-refractivity contribution in [3.05, 3.63) is 58.7 Å². The lowest BCUT2D eigenvalue weighted by molar-refractivity contribution is -0.124. The predicted molar refractivity (Wildman–Crippen MR) is 87.3 cm³/mol. The van der Waals surface area contributed by atoms with Crippen molar-refractivity contribution in [3.8, 4) is 11.3 Å². The van der Waals surface area contributed by atoms with E-state index in [2.05, 4.69) is 25.5 Å². The Bertz CT molecular complexity index is 934. The molecule has 1 atom stereocenters. The number of nitrogens with zero attached hydrogens (tertiary/aromatic N) is 5. The Balaban J connectivity index is 1.77. The van der Waals surface area contributed by atoms with Crippen LogP contribution < -0.4 is 10.9 Å². The second kappa shape index (κ2) is 7.04. The molecule has 0 aliphatic carbocycles. The number of pyridine rings is 1. The van der Waals surface area contributed by atoms with Gasteiger partial charge in [0.2, 0.25) is 11.8 Å². The molecule has 3 aromatic rings. The second-order valence-electron chi connectivity index (χ2n) is 5.37. The largest absolute Gasteiger partial charge is 0.345 e. The van der Waals surface area contributed by atoms with Gasteiger partial charge in [-0.2, -0.15) is 10.1 Å². The fourth-order valence-corrected chi connectivity index (χ4v) is 2.20. The lowest BCUT2D eigenvalue weighted by atomic mass is 10.2. The number of carbonyl (C=O) groups excluding carboxylic acids is 1. The van der Waals surface area contributed by atoms with E-state index in [0.29, 0.717) is 17.4 Å². The Morgan fingerprint density at radius 1 is 1.36 bits per heavy atom. The maximum atomic E-state index is 12.3. The van der Waals surface area contributed by atoms with Crippen LogP contribution in [-0.2, 0) is 11.3 Å². The van der Waals surface area contributed by atoms with E-state index < -0.39 is 6.04 Å². The number of aromatic nitrogens is 5. The van der Waals surface area contributed by atoms with E-state index in [9.17, 15) is 9.59 Å². The third-order valence-electron chi connectivity index (χ3n) is 3.51. The van der Waals surface area contributed by atoms with Crippen LogP contribution in [0.25, 0.3) is 11.3 Å². The fourth-order valence-electron chi connectivity index (χ4n) is 2.20. The third-order valence-corrected chi connectivity index (χ3v) is 3.51. The van der Waals surface area contributed by atoms with Gasteiger partial charge in [-0.1, -0.05) is 5.16 Å². The summed E-state index contributed by atoms with van der Waals surface area (Å²) in [5.74, 6) is 0.399. The van der Waals surface area contributed by atoms with Crippen molar-refractivity contribution in [2.24, 2.45) is 0 Å². The average molecular weight is 340 g/mol. The van der Waals surface area contributed by atoms with Gasteiger partial charge in [0.15, 0.2) is 5.82 Å². The molecule has 128 valence electrons. The van der Waals surface area contributed by atoms with Gasteiger partial charge in [0, 0.05) is 24.0 Å². The molecule has 0 fully saturated rings. The first-order valence-electron chi connectivity index (χ1n) is 7.62. The summed E-state index contributed by atoms with van der Waals surface area (Å²) in [5.41, 5.74) is 0.939. The smallest absolute Gasteiger partial charge is 0.267 e. The van der Waals surface area contributed by atoms with Crippen LogP contribution in [-0.4, -0.2) is 30.8 Å². The molecule has 0 aliphatic heterocycles. The van der Waals surface area contributed by atoms with Gasteiger partial charge in [-0.3, -0.25) is 14.6 Å². The highest BCUT2D eigenvalue weighted by Crippen LogP contribution is 2.14. The molecule has 0 radical (unpaired) electrons. The number of carbonyl (C=O) groups is 1. The fraction of sp³-hybridized carbons (Fsp3) is 0.250. The Morgan fingerprint density at radius 3 is 2.88 bits per heavy atom. The summed E-state index contributed by atoms with van der Waals surface area (Å²) in [5, 5.41) is 10.6. The van der Waals surface area contributed by atoms with E-state index in [1.807, 2.05) is 6.07 Å². The normalized spacial score (nSPS) is 11.9. The van der Waals surface area contributed by atoms with Crippen molar-refractivity contribution in [1.82, 2.24) is 30.2 Å². The first-order chi connectivity index (χ1) is 12.0. The number of rotatable bonds is 5. The number of nitrogens with one attached hydrogen (secondary N) is 1. The molecule has 3 aromatic heterocycles. The summed E-state index contributed by atoms with van der Waals surface area (Å²) in [6.45, 7) is 3.36. The van der Waals surface area contributed by atoms with Gasteiger partial charge in [0.05, 0.1) is 12.2 Å². The topological polar surface area (TPSA) is 116 Å². The number of amides is 1. The quantitative estimate of drug-likeness (QED) is 0.732. The zero-order chi connectivity index (χ0) is 17.8. The molecular formula is C16H16N6O3. The van der Waals surface area contributed by atoms with Crippen LogP contribution in [0.5, 0.6) is 0 Å². The Morgan fingerprint density at radius 2 is 2.20 bits per heavy atom. The van der Waals surface area contributed by atoms with E-state index in [1.54, 1.807) is 38.4 Å². The maximum Gasteiger partial charge on any atom is 0.267 e. The van der Waals surface area contributed by atoms with Gasteiger partial charge in [-0.25, -0.2) is 4.68 Å². The van der Waals surface area contributed by atoms with Crippen molar-refractivity contribution in [2.45, 2.75) is 26.4 Å². The van der Waals surface area contributed by atoms with Crippen LogP contribution in [0.3, 0.4) is 0 Å². The zero-order valence-electron chi connectivity index (χ0n) is 13.7. The Kier molecular flexibility index (Phi) is 4.64. The Hall–Kier alpha value is -3.36.